The van der Waals surface area contributed by atoms with Gasteiger partial charge in [0.15, 0.2) is 5.41 Å². The molecule has 0 radical (unpaired) electrons. The summed E-state index contributed by atoms with van der Waals surface area (Å²) in [4.78, 5) is 22.3. The van der Waals surface area contributed by atoms with Gasteiger partial charge in [-0.2, -0.15) is 13.2 Å². The summed E-state index contributed by atoms with van der Waals surface area (Å²) < 4.78 is 39.3. The number of aliphatic carboxylic acids is 1. The minimum atomic E-state index is -4.60. The van der Waals surface area contributed by atoms with Crippen LogP contribution in [-0.2, 0) is 9.59 Å². The summed E-state index contributed by atoms with van der Waals surface area (Å²) in [6, 6.07) is -0.485. The molecule has 1 saturated heterocycles. The molecular weight excluding hydrogens is 277 g/mol. The third-order valence-corrected chi connectivity index (χ3v) is 3.54. The van der Waals surface area contributed by atoms with Crippen molar-refractivity contribution in [3.63, 3.8) is 0 Å². The van der Waals surface area contributed by atoms with Gasteiger partial charge in [0.25, 0.3) is 0 Å². The van der Waals surface area contributed by atoms with Gasteiger partial charge in [0.1, 0.15) is 0 Å². The molecule has 2 atom stereocenters. The van der Waals surface area contributed by atoms with Crippen molar-refractivity contribution in [3.05, 3.63) is 0 Å². The van der Waals surface area contributed by atoms with Crippen molar-refractivity contribution in [1.29, 1.82) is 0 Å². The van der Waals surface area contributed by atoms with Crippen molar-refractivity contribution in [1.82, 2.24) is 10.6 Å². The number of carbonyl (C=O) groups is 2. The average molecular weight is 296 g/mol. The Morgan fingerprint density at radius 1 is 1.45 bits per heavy atom. The Bertz CT molecular complexity index is 365. The Labute approximate surface area is 114 Å². The van der Waals surface area contributed by atoms with E-state index in [1.165, 1.54) is 0 Å². The molecule has 0 spiro atoms. The van der Waals surface area contributed by atoms with Gasteiger partial charge >= 0.3 is 12.1 Å². The highest BCUT2D eigenvalue weighted by Gasteiger charge is 2.61. The lowest BCUT2D eigenvalue weighted by molar-refractivity contribution is -0.216. The van der Waals surface area contributed by atoms with Gasteiger partial charge in [-0.05, 0) is 32.7 Å². The first-order valence-electron chi connectivity index (χ1n) is 6.49. The van der Waals surface area contributed by atoms with Crippen LogP contribution < -0.4 is 10.6 Å². The third-order valence-electron chi connectivity index (χ3n) is 3.54. The van der Waals surface area contributed by atoms with Crippen LogP contribution in [0.1, 0.15) is 32.6 Å². The maximum absolute atomic E-state index is 13.1. The number of alkyl halides is 3. The van der Waals surface area contributed by atoms with Gasteiger partial charge in [0, 0.05) is 19.0 Å². The van der Waals surface area contributed by atoms with Crippen LogP contribution in [0.15, 0.2) is 0 Å². The standard InChI is InChI=1S/C12H19F3N2O3/c1-8(3-2-4-9(18)19)17-10(20)11(12(13,14)15)5-6-16-7-11/h8,16H,2-7H2,1H3,(H,17,20)(H,18,19). The second-order valence-corrected chi connectivity index (χ2v) is 5.17. The van der Waals surface area contributed by atoms with Crippen LogP contribution >= 0.6 is 0 Å². The summed E-state index contributed by atoms with van der Waals surface area (Å²) in [5, 5.41) is 13.4. The number of carbonyl (C=O) groups excluding carboxylic acids is 1. The van der Waals surface area contributed by atoms with Crippen molar-refractivity contribution in [3.8, 4) is 0 Å². The molecule has 0 aromatic carbocycles. The molecule has 0 aromatic heterocycles. The van der Waals surface area contributed by atoms with Gasteiger partial charge in [-0.15, -0.1) is 0 Å². The molecule has 1 amide bonds. The number of hydrogen-bond acceptors (Lipinski definition) is 3. The van der Waals surface area contributed by atoms with E-state index in [1.807, 2.05) is 0 Å². The van der Waals surface area contributed by atoms with Crippen LogP contribution in [0.25, 0.3) is 0 Å². The van der Waals surface area contributed by atoms with Gasteiger partial charge in [0.2, 0.25) is 5.91 Å². The summed E-state index contributed by atoms with van der Waals surface area (Å²) in [5.41, 5.74) is -2.37. The topological polar surface area (TPSA) is 78.4 Å². The first-order chi connectivity index (χ1) is 9.19. The zero-order chi connectivity index (χ0) is 15.4. The largest absolute Gasteiger partial charge is 0.481 e. The van der Waals surface area contributed by atoms with Crippen molar-refractivity contribution < 1.29 is 27.9 Å². The molecule has 2 unspecified atom stereocenters. The average Bonchev–Trinajstić information content (AvgIpc) is 2.77. The zero-order valence-corrected chi connectivity index (χ0v) is 11.2. The fourth-order valence-electron chi connectivity index (χ4n) is 2.25. The van der Waals surface area contributed by atoms with Crippen LogP contribution in [-0.4, -0.2) is 42.3 Å². The predicted octanol–water partition coefficient (Wildman–Crippen LogP) is 1.29. The number of carboxylic acid groups (broad SMARTS) is 1. The highest BCUT2D eigenvalue weighted by atomic mass is 19.4. The molecule has 8 heteroatoms. The van der Waals surface area contributed by atoms with Crippen LogP contribution in [0.5, 0.6) is 0 Å². The summed E-state index contributed by atoms with van der Waals surface area (Å²) >= 11 is 0. The number of rotatable bonds is 6. The monoisotopic (exact) mass is 296 g/mol. The second-order valence-electron chi connectivity index (χ2n) is 5.17. The van der Waals surface area contributed by atoms with Crippen molar-refractivity contribution in [2.24, 2.45) is 5.41 Å². The lowest BCUT2D eigenvalue weighted by atomic mass is 9.85. The van der Waals surface area contributed by atoms with E-state index in [0.29, 0.717) is 12.8 Å². The molecule has 3 N–H and O–H groups in total. The Hall–Kier alpha value is -1.31. The Kier molecular flexibility index (Phi) is 5.38. The Morgan fingerprint density at radius 2 is 2.10 bits per heavy atom. The van der Waals surface area contributed by atoms with E-state index in [2.05, 4.69) is 10.6 Å². The van der Waals surface area contributed by atoms with Crippen LogP contribution in [0.3, 0.4) is 0 Å². The van der Waals surface area contributed by atoms with Crippen molar-refractivity contribution in [2.45, 2.75) is 44.8 Å². The molecule has 1 fully saturated rings. The molecule has 0 saturated carbocycles. The minimum Gasteiger partial charge on any atom is -0.481 e. The quantitative estimate of drug-likeness (QED) is 0.690. The van der Waals surface area contributed by atoms with E-state index in [4.69, 9.17) is 5.11 Å². The number of nitrogens with one attached hydrogen (secondary N) is 2. The number of amides is 1. The van der Waals surface area contributed by atoms with Gasteiger partial charge in [-0.3, -0.25) is 9.59 Å². The molecule has 1 rings (SSSR count). The fourth-order valence-corrected chi connectivity index (χ4v) is 2.25. The van der Waals surface area contributed by atoms with E-state index in [9.17, 15) is 22.8 Å². The molecule has 0 aromatic rings. The highest BCUT2D eigenvalue weighted by Crippen LogP contribution is 2.43. The van der Waals surface area contributed by atoms with E-state index in [-0.39, 0.29) is 19.4 Å². The molecule has 116 valence electrons. The van der Waals surface area contributed by atoms with E-state index in [0.717, 1.165) is 0 Å². The van der Waals surface area contributed by atoms with Crippen LogP contribution in [0, 0.1) is 5.41 Å². The van der Waals surface area contributed by atoms with Gasteiger partial charge in [-0.25, -0.2) is 0 Å². The van der Waals surface area contributed by atoms with Crippen molar-refractivity contribution >= 4 is 11.9 Å². The maximum atomic E-state index is 13.1. The number of halogens is 3. The molecular formula is C12H19F3N2O3. The summed E-state index contributed by atoms with van der Waals surface area (Å²) in [6.07, 6.45) is -4.29. The lowest BCUT2D eigenvalue weighted by Crippen LogP contribution is -2.54. The van der Waals surface area contributed by atoms with Crippen molar-refractivity contribution in [2.75, 3.05) is 13.1 Å². The predicted molar refractivity (Wildman–Crippen MR) is 65.1 cm³/mol. The van der Waals surface area contributed by atoms with Gasteiger partial charge < -0.3 is 15.7 Å². The normalized spacial score (nSPS) is 24.4. The van der Waals surface area contributed by atoms with Crippen LogP contribution in [0.4, 0.5) is 13.2 Å². The van der Waals surface area contributed by atoms with Crippen LogP contribution in [0.2, 0.25) is 0 Å². The summed E-state index contributed by atoms with van der Waals surface area (Å²) in [5.74, 6) is -1.99. The first-order valence-corrected chi connectivity index (χ1v) is 6.49. The molecule has 0 bridgehead atoms. The second kappa shape index (κ2) is 6.43. The summed E-state index contributed by atoms with van der Waals surface area (Å²) in [6.45, 7) is 1.32. The fraction of sp³-hybridized carbons (Fsp3) is 0.833. The van der Waals surface area contributed by atoms with Gasteiger partial charge in [-0.1, -0.05) is 0 Å². The van der Waals surface area contributed by atoms with E-state index >= 15 is 0 Å². The third kappa shape index (κ3) is 3.84. The minimum absolute atomic E-state index is 0.0633. The zero-order valence-electron chi connectivity index (χ0n) is 11.2. The molecule has 1 aliphatic rings. The van der Waals surface area contributed by atoms with E-state index < -0.39 is 36.1 Å². The first kappa shape index (κ1) is 16.7. The highest BCUT2D eigenvalue weighted by molar-refractivity contribution is 5.84. The number of carboxylic acids is 1. The number of hydrogen-bond donors (Lipinski definition) is 3. The van der Waals surface area contributed by atoms with E-state index in [1.54, 1.807) is 6.92 Å². The molecule has 5 nitrogen and oxygen atoms in total. The molecule has 20 heavy (non-hydrogen) atoms. The summed E-state index contributed by atoms with van der Waals surface area (Å²) in [7, 11) is 0. The molecule has 1 aliphatic heterocycles. The molecule has 0 aliphatic carbocycles. The Morgan fingerprint density at radius 3 is 2.55 bits per heavy atom. The Balaban J connectivity index is 2.57. The maximum Gasteiger partial charge on any atom is 0.404 e. The lowest BCUT2D eigenvalue weighted by Gasteiger charge is -2.30. The molecule has 1 heterocycles. The van der Waals surface area contributed by atoms with Gasteiger partial charge in [0.05, 0.1) is 0 Å². The SMILES string of the molecule is CC(CCCC(=O)O)NC(=O)C1(C(F)(F)F)CCNC1. The smallest absolute Gasteiger partial charge is 0.404 e.